The highest BCUT2D eigenvalue weighted by Crippen LogP contribution is 2.26. The minimum atomic E-state index is 0.307. The second kappa shape index (κ2) is 6.51. The van der Waals surface area contributed by atoms with Gasteiger partial charge in [-0.25, -0.2) is 0 Å². The van der Waals surface area contributed by atoms with E-state index in [-0.39, 0.29) is 0 Å². The Hall–Kier alpha value is -0.900. The summed E-state index contributed by atoms with van der Waals surface area (Å²) in [6.07, 6.45) is 1.07. The van der Waals surface area contributed by atoms with Gasteiger partial charge in [0.25, 0.3) is 0 Å². The van der Waals surface area contributed by atoms with E-state index in [0.717, 1.165) is 19.5 Å². The monoisotopic (exact) mass is 276 g/mol. The number of nitrogens with zero attached hydrogens (tertiary/aromatic N) is 1. The van der Waals surface area contributed by atoms with Gasteiger partial charge in [-0.1, -0.05) is 32.0 Å². The molecule has 0 fully saturated rings. The normalized spacial score (nSPS) is 13.6. The van der Waals surface area contributed by atoms with Gasteiger partial charge in [0.2, 0.25) is 0 Å². The van der Waals surface area contributed by atoms with Crippen molar-refractivity contribution in [1.29, 1.82) is 0 Å². The van der Waals surface area contributed by atoms with Gasteiger partial charge in [-0.2, -0.15) is 0 Å². The molecule has 0 saturated carbocycles. The first kappa shape index (κ1) is 14.5. The maximum Gasteiger partial charge on any atom is 0.0346 e. The van der Waals surface area contributed by atoms with Crippen molar-refractivity contribution in [2.24, 2.45) is 11.7 Å². The first-order chi connectivity index (χ1) is 9.08. The van der Waals surface area contributed by atoms with E-state index in [9.17, 15) is 0 Å². The molecular formula is C16H24N2S. The van der Waals surface area contributed by atoms with Gasteiger partial charge in [-0.05, 0) is 48.3 Å². The Kier molecular flexibility index (Phi) is 4.97. The van der Waals surface area contributed by atoms with Crippen LogP contribution in [0.2, 0.25) is 0 Å². The van der Waals surface area contributed by atoms with E-state index in [1.807, 2.05) is 11.3 Å². The molecule has 19 heavy (non-hydrogen) atoms. The molecule has 2 aromatic rings. The second-order valence-electron chi connectivity index (χ2n) is 5.69. The van der Waals surface area contributed by atoms with E-state index >= 15 is 0 Å². The van der Waals surface area contributed by atoms with Crippen molar-refractivity contribution in [3.8, 4) is 0 Å². The molecule has 0 spiro atoms. The summed E-state index contributed by atoms with van der Waals surface area (Å²) in [7, 11) is 2.18. The van der Waals surface area contributed by atoms with Gasteiger partial charge in [0, 0.05) is 17.3 Å². The minimum Gasteiger partial charge on any atom is -0.327 e. The van der Waals surface area contributed by atoms with Crippen LogP contribution in [-0.2, 0) is 6.54 Å². The molecule has 0 saturated heterocycles. The number of hydrogen-bond donors (Lipinski definition) is 1. The van der Waals surface area contributed by atoms with Gasteiger partial charge in [-0.15, -0.1) is 11.3 Å². The SMILES string of the molecule is CC(C)C(N)CCN(C)Cc1csc2ccccc12. The molecule has 2 rings (SSSR count). The highest BCUT2D eigenvalue weighted by atomic mass is 32.1. The summed E-state index contributed by atoms with van der Waals surface area (Å²) in [6, 6.07) is 8.94. The molecule has 0 aliphatic carbocycles. The number of benzene rings is 1. The van der Waals surface area contributed by atoms with E-state index < -0.39 is 0 Å². The summed E-state index contributed by atoms with van der Waals surface area (Å²) in [5, 5.41) is 3.68. The standard InChI is InChI=1S/C16H24N2S/c1-12(2)15(17)8-9-18(3)10-13-11-19-16-7-5-4-6-14(13)16/h4-7,11-12,15H,8-10,17H2,1-3H3. The summed E-state index contributed by atoms with van der Waals surface area (Å²) in [5.41, 5.74) is 7.54. The molecule has 0 bridgehead atoms. The number of fused-ring (bicyclic) bond motifs is 1. The van der Waals surface area contributed by atoms with E-state index in [1.165, 1.54) is 15.6 Å². The average Bonchev–Trinajstić information content (AvgIpc) is 2.79. The zero-order valence-corrected chi connectivity index (χ0v) is 12.9. The molecule has 0 aliphatic rings. The average molecular weight is 276 g/mol. The summed E-state index contributed by atoms with van der Waals surface area (Å²) in [6.45, 7) is 6.45. The fraction of sp³-hybridized carbons (Fsp3) is 0.500. The highest BCUT2D eigenvalue weighted by molar-refractivity contribution is 7.17. The van der Waals surface area contributed by atoms with Crippen molar-refractivity contribution >= 4 is 21.4 Å². The maximum absolute atomic E-state index is 6.10. The first-order valence-corrected chi connectivity index (χ1v) is 7.85. The van der Waals surface area contributed by atoms with Crippen molar-refractivity contribution in [1.82, 2.24) is 4.90 Å². The van der Waals surface area contributed by atoms with E-state index in [2.05, 4.69) is 55.4 Å². The van der Waals surface area contributed by atoms with Crippen LogP contribution in [0.1, 0.15) is 25.8 Å². The lowest BCUT2D eigenvalue weighted by Crippen LogP contribution is -2.31. The zero-order valence-electron chi connectivity index (χ0n) is 12.1. The number of thiophene rings is 1. The van der Waals surface area contributed by atoms with Crippen LogP contribution in [-0.4, -0.2) is 24.5 Å². The Morgan fingerprint density at radius 2 is 2.00 bits per heavy atom. The third kappa shape index (κ3) is 3.78. The summed E-state index contributed by atoms with van der Waals surface area (Å²) in [4.78, 5) is 2.37. The van der Waals surface area contributed by atoms with Crippen molar-refractivity contribution < 1.29 is 0 Å². The molecule has 0 radical (unpaired) electrons. The molecular weight excluding hydrogens is 252 g/mol. The highest BCUT2D eigenvalue weighted by Gasteiger charge is 2.10. The lowest BCUT2D eigenvalue weighted by atomic mass is 10.0. The molecule has 104 valence electrons. The molecule has 1 atom stereocenters. The van der Waals surface area contributed by atoms with E-state index in [0.29, 0.717) is 12.0 Å². The number of hydrogen-bond acceptors (Lipinski definition) is 3. The molecule has 1 aromatic carbocycles. The second-order valence-corrected chi connectivity index (χ2v) is 6.60. The van der Waals surface area contributed by atoms with Crippen LogP contribution in [0, 0.1) is 5.92 Å². The van der Waals surface area contributed by atoms with Crippen LogP contribution >= 0.6 is 11.3 Å². The van der Waals surface area contributed by atoms with Gasteiger partial charge in [0.05, 0.1) is 0 Å². The van der Waals surface area contributed by atoms with Crippen LogP contribution in [0.15, 0.2) is 29.6 Å². The summed E-state index contributed by atoms with van der Waals surface area (Å²) < 4.78 is 1.38. The van der Waals surface area contributed by atoms with Gasteiger partial charge >= 0.3 is 0 Å². The Morgan fingerprint density at radius 3 is 2.74 bits per heavy atom. The number of nitrogens with two attached hydrogens (primary N) is 1. The zero-order chi connectivity index (χ0) is 13.8. The Labute approximate surface area is 120 Å². The van der Waals surface area contributed by atoms with Crippen LogP contribution in [0.25, 0.3) is 10.1 Å². The van der Waals surface area contributed by atoms with Crippen molar-refractivity contribution in [3.63, 3.8) is 0 Å². The summed E-state index contributed by atoms with van der Waals surface area (Å²) in [5.74, 6) is 0.565. The van der Waals surface area contributed by atoms with Gasteiger partial charge in [0.1, 0.15) is 0 Å². The predicted octanol–water partition coefficient (Wildman–Crippen LogP) is 3.71. The third-order valence-electron chi connectivity index (χ3n) is 3.70. The minimum absolute atomic E-state index is 0.307. The maximum atomic E-state index is 6.10. The fourth-order valence-corrected chi connectivity index (χ4v) is 3.18. The Bertz CT molecular complexity index is 518. The molecule has 0 amide bonds. The molecule has 2 nitrogen and oxygen atoms in total. The lowest BCUT2D eigenvalue weighted by molar-refractivity contribution is 0.297. The van der Waals surface area contributed by atoms with Crippen LogP contribution in [0.3, 0.4) is 0 Å². The topological polar surface area (TPSA) is 29.3 Å². The number of rotatable bonds is 6. The smallest absolute Gasteiger partial charge is 0.0346 e. The van der Waals surface area contributed by atoms with Crippen molar-refractivity contribution in [2.75, 3.05) is 13.6 Å². The third-order valence-corrected chi connectivity index (χ3v) is 4.71. The molecule has 1 unspecified atom stereocenters. The van der Waals surface area contributed by atoms with Gasteiger partial charge in [-0.3, -0.25) is 0 Å². The van der Waals surface area contributed by atoms with Gasteiger partial charge < -0.3 is 10.6 Å². The predicted molar refractivity (Wildman–Crippen MR) is 85.6 cm³/mol. The van der Waals surface area contributed by atoms with E-state index in [1.54, 1.807) is 0 Å². The van der Waals surface area contributed by atoms with Crippen LogP contribution in [0.5, 0.6) is 0 Å². The Balaban J connectivity index is 1.93. The van der Waals surface area contributed by atoms with E-state index in [4.69, 9.17) is 5.73 Å². The largest absolute Gasteiger partial charge is 0.327 e. The molecule has 0 aliphatic heterocycles. The molecule has 1 aromatic heterocycles. The van der Waals surface area contributed by atoms with Crippen molar-refractivity contribution in [2.45, 2.75) is 32.9 Å². The fourth-order valence-electron chi connectivity index (χ4n) is 2.23. The quantitative estimate of drug-likeness (QED) is 0.871. The van der Waals surface area contributed by atoms with Crippen molar-refractivity contribution in [3.05, 3.63) is 35.2 Å². The summed E-state index contributed by atoms with van der Waals surface area (Å²) >= 11 is 1.83. The molecule has 3 heteroatoms. The van der Waals surface area contributed by atoms with Gasteiger partial charge in [0.15, 0.2) is 0 Å². The van der Waals surface area contributed by atoms with Crippen LogP contribution in [0.4, 0.5) is 0 Å². The van der Waals surface area contributed by atoms with Crippen LogP contribution < -0.4 is 5.73 Å². The molecule has 2 N–H and O–H groups in total. The molecule has 1 heterocycles. The lowest BCUT2D eigenvalue weighted by Gasteiger charge is -2.21. The Morgan fingerprint density at radius 1 is 1.26 bits per heavy atom. The first-order valence-electron chi connectivity index (χ1n) is 6.97.